The Balaban J connectivity index is 1.51. The van der Waals surface area contributed by atoms with Gasteiger partial charge in [-0.2, -0.15) is 0 Å². The van der Waals surface area contributed by atoms with Gasteiger partial charge in [-0.1, -0.05) is 30.3 Å². The first-order valence-corrected chi connectivity index (χ1v) is 8.53. The van der Waals surface area contributed by atoms with Gasteiger partial charge in [0, 0.05) is 37.6 Å². The SMILES string of the molecule is Cc1cccc(NCC(=O)N2CCN(c3ccccc3)CC2)c1C. The number of benzene rings is 2. The summed E-state index contributed by atoms with van der Waals surface area (Å²) in [7, 11) is 0. The van der Waals surface area contributed by atoms with Gasteiger partial charge in [0.05, 0.1) is 6.54 Å². The molecule has 0 radical (unpaired) electrons. The predicted molar refractivity (Wildman–Crippen MR) is 99.6 cm³/mol. The third kappa shape index (κ3) is 3.70. The highest BCUT2D eigenvalue weighted by atomic mass is 16.2. The van der Waals surface area contributed by atoms with Crippen LogP contribution in [0.25, 0.3) is 0 Å². The molecule has 2 aromatic carbocycles. The molecule has 1 aliphatic rings. The van der Waals surface area contributed by atoms with E-state index in [4.69, 9.17) is 0 Å². The van der Waals surface area contributed by atoms with Crippen molar-refractivity contribution in [2.24, 2.45) is 0 Å². The summed E-state index contributed by atoms with van der Waals surface area (Å²) in [6.45, 7) is 7.87. The second kappa shape index (κ2) is 7.39. The molecule has 0 spiro atoms. The molecule has 3 rings (SSSR count). The van der Waals surface area contributed by atoms with Crippen LogP contribution in [0.4, 0.5) is 11.4 Å². The van der Waals surface area contributed by atoms with E-state index in [0.717, 1.165) is 31.9 Å². The van der Waals surface area contributed by atoms with E-state index in [9.17, 15) is 4.79 Å². The van der Waals surface area contributed by atoms with Crippen LogP contribution in [-0.4, -0.2) is 43.5 Å². The zero-order valence-electron chi connectivity index (χ0n) is 14.5. The molecule has 1 heterocycles. The molecule has 4 nitrogen and oxygen atoms in total. The van der Waals surface area contributed by atoms with Crippen LogP contribution in [-0.2, 0) is 4.79 Å². The maximum atomic E-state index is 12.5. The molecule has 0 aromatic heterocycles. The van der Waals surface area contributed by atoms with E-state index in [1.54, 1.807) is 0 Å². The van der Waals surface area contributed by atoms with Gasteiger partial charge in [0.15, 0.2) is 0 Å². The van der Waals surface area contributed by atoms with Crippen LogP contribution in [0.2, 0.25) is 0 Å². The quantitative estimate of drug-likeness (QED) is 0.939. The van der Waals surface area contributed by atoms with Gasteiger partial charge in [-0.15, -0.1) is 0 Å². The molecule has 24 heavy (non-hydrogen) atoms. The number of nitrogens with one attached hydrogen (secondary N) is 1. The first kappa shape index (κ1) is 16.4. The lowest BCUT2D eigenvalue weighted by molar-refractivity contribution is -0.129. The Kier molecular flexibility index (Phi) is 5.04. The van der Waals surface area contributed by atoms with Gasteiger partial charge in [0.2, 0.25) is 5.91 Å². The standard InChI is InChI=1S/C20H25N3O/c1-16-7-6-10-19(17(16)2)21-15-20(24)23-13-11-22(12-14-23)18-8-4-3-5-9-18/h3-10,21H,11-15H2,1-2H3. The number of anilines is 2. The van der Waals surface area contributed by atoms with E-state index < -0.39 is 0 Å². The van der Waals surface area contributed by atoms with E-state index in [2.05, 4.69) is 54.4 Å². The number of nitrogens with zero attached hydrogens (tertiary/aromatic N) is 2. The van der Waals surface area contributed by atoms with E-state index in [1.807, 2.05) is 23.1 Å². The number of carbonyl (C=O) groups is 1. The van der Waals surface area contributed by atoms with Crippen LogP contribution in [0.15, 0.2) is 48.5 Å². The van der Waals surface area contributed by atoms with Crippen LogP contribution in [0, 0.1) is 13.8 Å². The summed E-state index contributed by atoms with van der Waals surface area (Å²) in [6.07, 6.45) is 0. The van der Waals surface area contributed by atoms with Gasteiger partial charge in [-0.05, 0) is 43.2 Å². The van der Waals surface area contributed by atoms with Crippen molar-refractivity contribution in [1.29, 1.82) is 0 Å². The summed E-state index contributed by atoms with van der Waals surface area (Å²) in [5.41, 5.74) is 4.73. The molecule has 0 bridgehead atoms. The second-order valence-corrected chi connectivity index (χ2v) is 6.30. The van der Waals surface area contributed by atoms with Gasteiger partial charge >= 0.3 is 0 Å². The molecule has 0 unspecified atom stereocenters. The smallest absolute Gasteiger partial charge is 0.241 e. The summed E-state index contributed by atoms with van der Waals surface area (Å²) in [4.78, 5) is 16.7. The van der Waals surface area contributed by atoms with Crippen LogP contribution >= 0.6 is 0 Å². The number of para-hydroxylation sites is 1. The Morgan fingerprint density at radius 1 is 0.958 bits per heavy atom. The minimum atomic E-state index is 0.170. The lowest BCUT2D eigenvalue weighted by atomic mass is 10.1. The average molecular weight is 323 g/mol. The molecule has 1 saturated heterocycles. The highest BCUT2D eigenvalue weighted by Gasteiger charge is 2.21. The molecule has 1 N–H and O–H groups in total. The molecule has 1 amide bonds. The maximum absolute atomic E-state index is 12.5. The number of hydrogen-bond donors (Lipinski definition) is 1. The molecule has 1 fully saturated rings. The van der Waals surface area contributed by atoms with Crippen molar-refractivity contribution in [2.75, 3.05) is 42.9 Å². The Bertz CT molecular complexity index is 691. The minimum absolute atomic E-state index is 0.170. The maximum Gasteiger partial charge on any atom is 0.241 e. The van der Waals surface area contributed by atoms with Gasteiger partial charge in [0.1, 0.15) is 0 Å². The first-order chi connectivity index (χ1) is 11.6. The normalized spacial score (nSPS) is 14.6. The van der Waals surface area contributed by atoms with Crippen molar-refractivity contribution in [3.63, 3.8) is 0 Å². The third-order valence-electron chi connectivity index (χ3n) is 4.79. The fraction of sp³-hybridized carbons (Fsp3) is 0.350. The Morgan fingerprint density at radius 2 is 1.67 bits per heavy atom. The largest absolute Gasteiger partial charge is 0.376 e. The van der Waals surface area contributed by atoms with E-state index in [-0.39, 0.29) is 5.91 Å². The lowest BCUT2D eigenvalue weighted by Gasteiger charge is -2.36. The Hall–Kier alpha value is -2.49. The molecule has 126 valence electrons. The molecule has 0 atom stereocenters. The zero-order chi connectivity index (χ0) is 16.9. The van der Waals surface area contributed by atoms with Crippen molar-refractivity contribution in [3.8, 4) is 0 Å². The summed E-state index contributed by atoms with van der Waals surface area (Å²) in [5, 5.41) is 3.29. The Morgan fingerprint density at radius 3 is 2.38 bits per heavy atom. The van der Waals surface area contributed by atoms with Crippen LogP contribution in [0.3, 0.4) is 0 Å². The zero-order valence-corrected chi connectivity index (χ0v) is 14.5. The number of rotatable bonds is 4. The highest BCUT2D eigenvalue weighted by Crippen LogP contribution is 2.18. The predicted octanol–water partition coefficient (Wildman–Crippen LogP) is 3.06. The van der Waals surface area contributed by atoms with Crippen molar-refractivity contribution in [1.82, 2.24) is 4.90 Å². The van der Waals surface area contributed by atoms with Gasteiger partial charge in [-0.25, -0.2) is 0 Å². The Labute approximate surface area is 144 Å². The topological polar surface area (TPSA) is 35.6 Å². The minimum Gasteiger partial charge on any atom is -0.376 e. The van der Waals surface area contributed by atoms with Crippen molar-refractivity contribution in [2.45, 2.75) is 13.8 Å². The highest BCUT2D eigenvalue weighted by molar-refractivity contribution is 5.81. The fourth-order valence-corrected chi connectivity index (χ4v) is 3.08. The van der Waals surface area contributed by atoms with E-state index in [1.165, 1.54) is 16.8 Å². The van der Waals surface area contributed by atoms with Crippen LogP contribution < -0.4 is 10.2 Å². The van der Waals surface area contributed by atoms with Crippen molar-refractivity contribution < 1.29 is 4.79 Å². The fourth-order valence-electron chi connectivity index (χ4n) is 3.08. The van der Waals surface area contributed by atoms with Gasteiger partial charge in [-0.3, -0.25) is 4.79 Å². The summed E-state index contributed by atoms with van der Waals surface area (Å²) < 4.78 is 0. The molecule has 0 saturated carbocycles. The molecule has 4 heteroatoms. The number of piperazine rings is 1. The summed E-state index contributed by atoms with van der Waals surface area (Å²) >= 11 is 0. The molecule has 0 aliphatic carbocycles. The average Bonchev–Trinajstić information content (AvgIpc) is 2.63. The third-order valence-corrected chi connectivity index (χ3v) is 4.79. The molecular formula is C20H25N3O. The van der Waals surface area contributed by atoms with Crippen molar-refractivity contribution in [3.05, 3.63) is 59.7 Å². The number of carbonyl (C=O) groups excluding carboxylic acids is 1. The number of amides is 1. The molecular weight excluding hydrogens is 298 g/mol. The monoisotopic (exact) mass is 323 g/mol. The molecule has 2 aromatic rings. The van der Waals surface area contributed by atoms with Gasteiger partial charge < -0.3 is 15.1 Å². The summed E-state index contributed by atoms with van der Waals surface area (Å²) in [6, 6.07) is 16.5. The van der Waals surface area contributed by atoms with Crippen LogP contribution in [0.5, 0.6) is 0 Å². The number of hydrogen-bond acceptors (Lipinski definition) is 3. The lowest BCUT2D eigenvalue weighted by Crippen LogP contribution is -2.50. The van der Waals surface area contributed by atoms with Gasteiger partial charge in [0.25, 0.3) is 0 Å². The van der Waals surface area contributed by atoms with E-state index >= 15 is 0 Å². The number of aryl methyl sites for hydroxylation is 1. The first-order valence-electron chi connectivity index (χ1n) is 8.53. The van der Waals surface area contributed by atoms with Crippen LogP contribution in [0.1, 0.15) is 11.1 Å². The second-order valence-electron chi connectivity index (χ2n) is 6.30. The summed E-state index contributed by atoms with van der Waals surface area (Å²) in [5.74, 6) is 0.170. The van der Waals surface area contributed by atoms with Crippen molar-refractivity contribution >= 4 is 17.3 Å². The molecule has 1 aliphatic heterocycles. The van der Waals surface area contributed by atoms with E-state index in [0.29, 0.717) is 6.54 Å².